The van der Waals surface area contributed by atoms with E-state index in [-0.39, 0.29) is 30.6 Å². The molecular formula is C43H62N11O13PS. The summed E-state index contributed by atoms with van der Waals surface area (Å²) in [6, 6.07) is 2.19. The highest BCUT2D eigenvalue weighted by Crippen LogP contribution is 2.38. The number of aromatic nitrogens is 3. The first-order valence-electron chi connectivity index (χ1n) is 22.3. The zero-order valence-electron chi connectivity index (χ0n) is 39.1. The van der Waals surface area contributed by atoms with Crippen LogP contribution in [0.3, 0.4) is 0 Å². The van der Waals surface area contributed by atoms with Gasteiger partial charge in [0.2, 0.25) is 41.4 Å². The number of oxime groups is 1. The molecule has 1 aliphatic heterocycles. The molecule has 9 N–H and O–H groups in total. The van der Waals surface area contributed by atoms with Gasteiger partial charge in [0, 0.05) is 50.6 Å². The van der Waals surface area contributed by atoms with Gasteiger partial charge in [-0.15, -0.1) is 11.3 Å². The van der Waals surface area contributed by atoms with E-state index in [1.807, 2.05) is 44.2 Å². The number of nitrogens with zero attached hydrogens (tertiary/aromatic N) is 6. The zero-order valence-corrected chi connectivity index (χ0v) is 40.8. The highest BCUT2D eigenvalue weighted by atomic mass is 32.1. The Hall–Kier alpha value is -6.11. The smallest absolute Gasteiger partial charge is 0.396 e. The molecule has 0 spiro atoms. The number of nitrogens with two attached hydrogens (primary N) is 1. The van der Waals surface area contributed by atoms with E-state index in [2.05, 4.69) is 40.9 Å². The summed E-state index contributed by atoms with van der Waals surface area (Å²) in [5.74, 6) is -5.25. The van der Waals surface area contributed by atoms with Crippen molar-refractivity contribution in [1.29, 1.82) is 0 Å². The van der Waals surface area contributed by atoms with Gasteiger partial charge >= 0.3 is 7.82 Å². The monoisotopic (exact) mass is 1000 g/mol. The molecule has 1 aliphatic rings. The SMILES string of the molecule is CC(=O)N(c1ccccc1)c1nc(/C=N\OCCCCCn2cncc2C[C@H](NC(=O)[C@H](CC(C)C)NC(=O)[C@@H]2CCCN2C(C)=O)C(=O)N[C@@H](CO)C(=O)N[C@H](C(N)=O)[C@@H](C)OP(=O)(O)O)cs1. The molecule has 0 unspecified atom stereocenters. The summed E-state index contributed by atoms with van der Waals surface area (Å²) in [6.45, 7) is 7.62. The molecule has 0 saturated carbocycles. The maximum Gasteiger partial charge on any atom is 0.469 e. The minimum atomic E-state index is -5.14. The third-order valence-electron chi connectivity index (χ3n) is 10.8. The Bertz CT molecular complexity index is 2310. The van der Waals surface area contributed by atoms with Gasteiger partial charge in [-0.3, -0.25) is 43.0 Å². The summed E-state index contributed by atoms with van der Waals surface area (Å²) in [5, 5.41) is 26.4. The van der Waals surface area contributed by atoms with Crippen molar-refractivity contribution in [3.8, 4) is 0 Å². The number of nitrogens with one attached hydrogen (secondary N) is 4. The van der Waals surface area contributed by atoms with Crippen LogP contribution in [0.15, 0.2) is 53.4 Å². The van der Waals surface area contributed by atoms with Crippen molar-refractivity contribution >= 4 is 77.5 Å². The fourth-order valence-electron chi connectivity index (χ4n) is 7.43. The van der Waals surface area contributed by atoms with Crippen LogP contribution >= 0.6 is 19.2 Å². The van der Waals surface area contributed by atoms with Crippen molar-refractivity contribution in [3.05, 3.63) is 59.6 Å². The van der Waals surface area contributed by atoms with Gasteiger partial charge in [-0.25, -0.2) is 14.5 Å². The van der Waals surface area contributed by atoms with Crippen LogP contribution in [0.2, 0.25) is 0 Å². The number of phosphoric ester groups is 1. The number of phosphoric acid groups is 1. The molecule has 0 aliphatic carbocycles. The summed E-state index contributed by atoms with van der Waals surface area (Å²) in [6.07, 6.45) is 5.76. The lowest BCUT2D eigenvalue weighted by atomic mass is 10.0. The number of unbranched alkanes of at least 4 members (excludes halogenated alkanes) is 2. The molecule has 0 radical (unpaired) electrons. The Balaban J connectivity index is 1.43. The number of benzene rings is 1. The predicted octanol–water partition coefficient (Wildman–Crippen LogP) is 0.759. The largest absolute Gasteiger partial charge is 0.469 e. The number of anilines is 2. The first-order valence-corrected chi connectivity index (χ1v) is 24.7. The number of carbonyl (C=O) groups excluding carboxylic acids is 7. The lowest BCUT2D eigenvalue weighted by Crippen LogP contribution is -2.61. The molecular weight excluding hydrogens is 942 g/mol. The van der Waals surface area contributed by atoms with Crippen molar-refractivity contribution in [2.75, 3.05) is 24.7 Å². The van der Waals surface area contributed by atoms with Crippen LogP contribution in [-0.4, -0.2) is 138 Å². The predicted molar refractivity (Wildman–Crippen MR) is 251 cm³/mol. The second kappa shape index (κ2) is 26.6. The van der Waals surface area contributed by atoms with Crippen LogP contribution in [0.5, 0.6) is 0 Å². The molecule has 69 heavy (non-hydrogen) atoms. The Labute approximate surface area is 403 Å². The van der Waals surface area contributed by atoms with Gasteiger partial charge in [0.15, 0.2) is 5.13 Å². The number of thiazole rings is 1. The van der Waals surface area contributed by atoms with E-state index in [1.54, 1.807) is 16.3 Å². The average Bonchev–Trinajstić information content (AvgIpc) is 4.07. The summed E-state index contributed by atoms with van der Waals surface area (Å²) >= 11 is 1.29. The topological polar surface area (TPSA) is 339 Å². The quantitative estimate of drug-likeness (QED) is 0.0226. The van der Waals surface area contributed by atoms with Gasteiger partial charge < -0.3 is 56.2 Å². The van der Waals surface area contributed by atoms with Crippen LogP contribution in [0.4, 0.5) is 10.8 Å². The Kier molecular flexibility index (Phi) is 21.4. The standard InChI is InChI=1S/C43H62N11O13PS/c1-26(2)19-33(49-42(62)36-15-12-17-53(36)28(4)56)39(59)48-34(40(60)50-35(23-55)41(61)51-37(38(44)58)27(3)67-68(63,64)65)20-32-22-45-25-52(32)16-10-7-11-18-66-46-21-30-24-69-43(47-30)54(29(5)57)31-13-8-6-9-14-31/h6,8-9,13-14,21-22,24-27,33-37,55H,7,10-12,15-20,23H2,1-5H3,(H2,44,58)(H,48,59)(H,49,62)(H,50,60)(H,51,61)(H2,63,64,65)/b46-21-/t27-,33+,34+,35+,36+,37+/m1/s1. The maximum absolute atomic E-state index is 14.1. The third-order valence-corrected chi connectivity index (χ3v) is 12.2. The number of hydrogen-bond acceptors (Lipinski definition) is 15. The number of aliphatic hydroxyl groups excluding tert-OH is 1. The van der Waals surface area contributed by atoms with Crippen molar-refractivity contribution in [2.24, 2.45) is 16.8 Å². The van der Waals surface area contributed by atoms with Crippen molar-refractivity contribution in [1.82, 2.24) is 40.7 Å². The molecule has 1 aromatic carbocycles. The van der Waals surface area contributed by atoms with E-state index in [4.69, 9.17) is 10.6 Å². The van der Waals surface area contributed by atoms with Crippen molar-refractivity contribution < 1.29 is 62.4 Å². The Morgan fingerprint density at radius 1 is 0.971 bits per heavy atom. The van der Waals surface area contributed by atoms with Crippen LogP contribution in [0, 0.1) is 5.92 Å². The minimum Gasteiger partial charge on any atom is -0.396 e. The van der Waals surface area contributed by atoms with E-state index in [0.29, 0.717) is 74.0 Å². The first kappa shape index (κ1) is 55.5. The Morgan fingerprint density at radius 2 is 1.65 bits per heavy atom. The Morgan fingerprint density at radius 3 is 2.29 bits per heavy atom. The van der Waals surface area contributed by atoms with E-state index >= 15 is 0 Å². The van der Waals surface area contributed by atoms with E-state index in [1.165, 1.54) is 47.4 Å². The summed E-state index contributed by atoms with van der Waals surface area (Å²) in [4.78, 5) is 127. The number of carbonyl (C=O) groups is 7. The van der Waals surface area contributed by atoms with Gasteiger partial charge in [0.25, 0.3) is 0 Å². The maximum atomic E-state index is 14.1. The van der Waals surface area contributed by atoms with Crippen molar-refractivity contribution in [2.45, 2.75) is 122 Å². The van der Waals surface area contributed by atoms with Crippen molar-refractivity contribution in [3.63, 3.8) is 0 Å². The van der Waals surface area contributed by atoms with Crippen LogP contribution in [-0.2, 0) is 60.5 Å². The molecule has 1 saturated heterocycles. The molecule has 7 amide bonds. The van der Waals surface area contributed by atoms with E-state index in [0.717, 1.165) is 6.92 Å². The fourth-order valence-corrected chi connectivity index (χ4v) is 8.82. The minimum absolute atomic E-state index is 0.117. The molecule has 24 nitrogen and oxygen atoms in total. The second-order valence-electron chi connectivity index (χ2n) is 16.7. The third kappa shape index (κ3) is 17.4. The van der Waals surface area contributed by atoms with E-state index in [9.17, 15) is 53.0 Å². The molecule has 3 aromatic rings. The molecule has 3 heterocycles. The second-order valence-corrected chi connectivity index (χ2v) is 18.7. The summed E-state index contributed by atoms with van der Waals surface area (Å²) in [5.41, 5.74) is 7.06. The number of aliphatic hydroxyl groups is 1. The number of hydrogen-bond donors (Lipinski definition) is 8. The van der Waals surface area contributed by atoms with E-state index < -0.39 is 80.3 Å². The summed E-state index contributed by atoms with van der Waals surface area (Å²) in [7, 11) is -5.14. The number of imidazole rings is 1. The number of amides is 7. The fraction of sp³-hybridized carbons (Fsp3) is 0.535. The number of likely N-dealkylation sites (tertiary alicyclic amines) is 1. The van der Waals surface area contributed by atoms with Gasteiger partial charge in [-0.05, 0) is 63.5 Å². The number of rotatable bonds is 27. The van der Waals surface area contributed by atoms with Gasteiger partial charge in [0.1, 0.15) is 36.8 Å². The van der Waals surface area contributed by atoms with Crippen LogP contribution in [0.1, 0.15) is 84.5 Å². The average molecular weight is 1000 g/mol. The molecule has 0 bridgehead atoms. The number of para-hydroxylation sites is 1. The summed E-state index contributed by atoms with van der Waals surface area (Å²) < 4.78 is 17.7. The molecule has 2 aromatic heterocycles. The number of aryl methyl sites for hydroxylation is 1. The lowest BCUT2D eigenvalue weighted by Gasteiger charge is -2.28. The molecule has 6 atom stereocenters. The zero-order chi connectivity index (χ0) is 50.8. The van der Waals surface area contributed by atoms with Crippen LogP contribution in [0.25, 0.3) is 0 Å². The van der Waals surface area contributed by atoms with Crippen LogP contribution < -0.4 is 31.9 Å². The normalized spacial score (nSPS) is 16.0. The molecule has 378 valence electrons. The molecule has 4 rings (SSSR count). The van der Waals surface area contributed by atoms with Gasteiger partial charge in [0.05, 0.1) is 36.6 Å². The first-order chi connectivity index (χ1) is 32.7. The molecule has 1 fully saturated rings. The molecule has 26 heteroatoms. The number of primary amides is 1. The lowest BCUT2D eigenvalue weighted by molar-refractivity contribution is -0.139. The van der Waals surface area contributed by atoms with Gasteiger partial charge in [-0.2, -0.15) is 0 Å². The highest BCUT2D eigenvalue weighted by molar-refractivity contribution is 7.46. The van der Waals surface area contributed by atoms with Gasteiger partial charge in [-0.1, -0.05) is 37.2 Å². The highest BCUT2D eigenvalue weighted by Gasteiger charge is 2.37.